The summed E-state index contributed by atoms with van der Waals surface area (Å²) in [4.78, 5) is 21.7. The zero-order valence-electron chi connectivity index (χ0n) is 14.7. The quantitative estimate of drug-likeness (QED) is 0.533. The van der Waals surface area contributed by atoms with Crippen LogP contribution in [0, 0.1) is 0 Å². The molecule has 0 aromatic carbocycles. The second-order valence-corrected chi connectivity index (χ2v) is 18.2. The van der Waals surface area contributed by atoms with E-state index in [9.17, 15) is 9.59 Å². The number of hydrogen-bond acceptors (Lipinski definition) is 3. The van der Waals surface area contributed by atoms with Gasteiger partial charge in [-0.3, -0.25) is 4.79 Å². The van der Waals surface area contributed by atoms with Gasteiger partial charge in [-0.25, -0.2) is 0 Å². The average molecular weight is 319 g/mol. The molecule has 0 saturated heterocycles. The lowest BCUT2D eigenvalue weighted by Crippen LogP contribution is -2.42. The zero-order valence-corrected chi connectivity index (χ0v) is 16.7. The summed E-state index contributed by atoms with van der Waals surface area (Å²) in [5, 5.41) is 0.0171. The molecule has 1 atom stereocenters. The van der Waals surface area contributed by atoms with Crippen LogP contribution in [0.4, 0.5) is 0 Å². The predicted molar refractivity (Wildman–Crippen MR) is 91.3 cm³/mol. The minimum Gasteiger partial charge on any atom is -0.469 e. The Morgan fingerprint density at radius 3 is 2.05 bits per heavy atom. The Kier molecular flexibility index (Phi) is 7.18. The lowest BCUT2D eigenvalue weighted by molar-refractivity contribution is -0.140. The van der Waals surface area contributed by atoms with Crippen LogP contribution in [0.3, 0.4) is 0 Å². The van der Waals surface area contributed by atoms with Gasteiger partial charge in [0.2, 0.25) is 0 Å². The van der Waals surface area contributed by atoms with E-state index in [0.717, 1.165) is 19.3 Å². The third-order valence-corrected chi connectivity index (χ3v) is 11.3. The summed E-state index contributed by atoms with van der Waals surface area (Å²) >= 11 is 0. The van der Waals surface area contributed by atoms with Crippen molar-refractivity contribution in [1.82, 2.24) is 0 Å². The van der Waals surface area contributed by atoms with E-state index in [4.69, 9.17) is 4.74 Å². The van der Waals surface area contributed by atoms with Gasteiger partial charge in [0.15, 0.2) is 8.32 Å². The van der Waals surface area contributed by atoms with Crippen LogP contribution in [0.25, 0.3) is 0 Å². The fraction of sp³-hybridized carbons (Fsp3) is 0.933. The van der Waals surface area contributed by atoms with Gasteiger partial charge < -0.3 is 9.53 Å². The first-order valence-corrected chi connectivity index (χ1v) is 14.1. The number of rotatable bonds is 8. The van der Waals surface area contributed by atoms with E-state index in [2.05, 4.69) is 33.5 Å². The largest absolute Gasteiger partial charge is 0.469 e. The molecule has 0 radical (unpaired) electrons. The van der Waals surface area contributed by atoms with Crippen molar-refractivity contribution in [2.75, 3.05) is 7.11 Å². The molecule has 0 bridgehead atoms. The van der Waals surface area contributed by atoms with E-state index < -0.39 is 16.4 Å². The SMILES string of the molecule is COC(=O)CCC[C@H](CC(C)(C)[Si](C)(C)O)[Si](C)(C)C. The molecule has 3 nitrogen and oxygen atoms in total. The van der Waals surface area contributed by atoms with Gasteiger partial charge in [0.1, 0.15) is 0 Å². The standard InChI is InChI=1S/C15H34O3Si2/c1-15(2,20(7,8)17)12-13(19(4,5)6)10-9-11-14(16)18-3/h13,17H,9-12H2,1-8H3/t13-/m1/s1. The molecule has 5 heteroatoms. The molecule has 0 fully saturated rings. The fourth-order valence-electron chi connectivity index (χ4n) is 2.30. The summed E-state index contributed by atoms with van der Waals surface area (Å²) in [6, 6.07) is 0. The number of carbonyl (C=O) groups excluding carboxylic acids is 1. The first kappa shape index (κ1) is 19.9. The molecule has 0 aromatic rings. The van der Waals surface area contributed by atoms with Crippen molar-refractivity contribution in [3.63, 3.8) is 0 Å². The molecule has 0 unspecified atom stereocenters. The second-order valence-electron chi connectivity index (χ2n) is 8.18. The van der Waals surface area contributed by atoms with Gasteiger partial charge in [0.25, 0.3) is 0 Å². The number of hydrogen-bond donors (Lipinski definition) is 1. The molecular weight excluding hydrogens is 284 g/mol. The Labute approximate surface area is 127 Å². The van der Waals surface area contributed by atoms with E-state index in [1.54, 1.807) is 0 Å². The molecule has 0 heterocycles. The third-order valence-electron chi connectivity index (χ3n) is 4.80. The van der Waals surface area contributed by atoms with Crippen molar-refractivity contribution in [2.45, 2.75) is 82.8 Å². The van der Waals surface area contributed by atoms with Gasteiger partial charge in [-0.2, -0.15) is 0 Å². The molecule has 0 spiro atoms. The molecule has 0 rings (SSSR count). The zero-order chi connectivity index (χ0) is 16.2. The molecule has 0 aromatic heterocycles. The Morgan fingerprint density at radius 2 is 1.70 bits per heavy atom. The van der Waals surface area contributed by atoms with Gasteiger partial charge in [-0.15, -0.1) is 0 Å². The van der Waals surface area contributed by atoms with Crippen molar-refractivity contribution in [1.29, 1.82) is 0 Å². The monoisotopic (exact) mass is 318 g/mol. The summed E-state index contributed by atoms with van der Waals surface area (Å²) in [5.41, 5.74) is 0.640. The molecule has 0 amide bonds. The fourth-order valence-corrected chi connectivity index (χ4v) is 5.44. The van der Waals surface area contributed by atoms with Crippen LogP contribution in [0.15, 0.2) is 0 Å². The lowest BCUT2D eigenvalue weighted by atomic mass is 10.0. The molecule has 20 heavy (non-hydrogen) atoms. The van der Waals surface area contributed by atoms with Gasteiger partial charge in [0, 0.05) is 14.5 Å². The maximum Gasteiger partial charge on any atom is 0.305 e. The van der Waals surface area contributed by atoms with Gasteiger partial charge >= 0.3 is 5.97 Å². The minimum absolute atomic E-state index is 0.0171. The second kappa shape index (κ2) is 7.23. The molecule has 0 aliphatic heterocycles. The predicted octanol–water partition coefficient (Wildman–Crippen LogP) is 4.41. The first-order valence-electron chi connectivity index (χ1n) is 7.60. The molecule has 120 valence electrons. The van der Waals surface area contributed by atoms with Crippen molar-refractivity contribution < 1.29 is 14.3 Å². The highest BCUT2D eigenvalue weighted by Gasteiger charge is 2.42. The van der Waals surface area contributed by atoms with Crippen LogP contribution in [0.5, 0.6) is 0 Å². The number of ether oxygens (including phenoxy) is 1. The van der Waals surface area contributed by atoms with Crippen molar-refractivity contribution >= 4 is 22.4 Å². The third kappa shape index (κ3) is 6.54. The van der Waals surface area contributed by atoms with Crippen LogP contribution < -0.4 is 0 Å². The normalized spacial score (nSPS) is 15.1. The van der Waals surface area contributed by atoms with E-state index in [1.807, 2.05) is 13.1 Å². The topological polar surface area (TPSA) is 46.5 Å². The van der Waals surface area contributed by atoms with Crippen molar-refractivity contribution in [3.05, 3.63) is 0 Å². The highest BCUT2D eigenvalue weighted by atomic mass is 28.4. The summed E-state index contributed by atoms with van der Waals surface area (Å²) in [5.74, 6) is -0.115. The molecule has 1 N–H and O–H groups in total. The van der Waals surface area contributed by atoms with Crippen LogP contribution in [0.1, 0.15) is 39.5 Å². The molecule has 0 saturated carbocycles. The molecule has 0 aliphatic carbocycles. The number of methoxy groups -OCH3 is 1. The van der Waals surface area contributed by atoms with E-state index in [0.29, 0.717) is 12.0 Å². The van der Waals surface area contributed by atoms with E-state index in [1.165, 1.54) is 7.11 Å². The Balaban J connectivity index is 4.72. The lowest BCUT2D eigenvalue weighted by Gasteiger charge is -2.41. The Bertz CT molecular complexity index is 314. The Morgan fingerprint density at radius 1 is 1.20 bits per heavy atom. The number of esters is 1. The van der Waals surface area contributed by atoms with Crippen LogP contribution in [-0.4, -0.2) is 34.3 Å². The van der Waals surface area contributed by atoms with Crippen LogP contribution in [-0.2, 0) is 9.53 Å². The van der Waals surface area contributed by atoms with E-state index >= 15 is 0 Å². The highest BCUT2D eigenvalue weighted by molar-refractivity contribution is 6.78. The summed E-state index contributed by atoms with van der Waals surface area (Å²) < 4.78 is 4.71. The van der Waals surface area contributed by atoms with Crippen LogP contribution >= 0.6 is 0 Å². The average Bonchev–Trinajstić information content (AvgIpc) is 2.24. The summed E-state index contributed by atoms with van der Waals surface area (Å²) in [6.07, 6.45) is 3.54. The highest BCUT2D eigenvalue weighted by Crippen LogP contribution is 2.47. The van der Waals surface area contributed by atoms with Gasteiger partial charge in [-0.1, -0.05) is 39.9 Å². The van der Waals surface area contributed by atoms with Gasteiger partial charge in [0.05, 0.1) is 7.11 Å². The smallest absolute Gasteiger partial charge is 0.305 e. The number of carbonyl (C=O) groups is 1. The van der Waals surface area contributed by atoms with Crippen molar-refractivity contribution in [3.8, 4) is 0 Å². The molecule has 0 aliphatic rings. The van der Waals surface area contributed by atoms with Crippen LogP contribution in [0.2, 0.25) is 43.3 Å². The van der Waals surface area contributed by atoms with Crippen molar-refractivity contribution in [2.24, 2.45) is 0 Å². The summed E-state index contributed by atoms with van der Waals surface area (Å²) in [7, 11) is -2.02. The maximum atomic E-state index is 11.2. The summed E-state index contributed by atoms with van der Waals surface area (Å²) in [6.45, 7) is 15.6. The Hall–Kier alpha value is -0.136. The molecular formula is C15H34O3Si2. The maximum absolute atomic E-state index is 11.2. The minimum atomic E-state index is -2.16. The first-order chi connectivity index (χ1) is 8.81. The van der Waals surface area contributed by atoms with E-state index in [-0.39, 0.29) is 11.0 Å². The van der Waals surface area contributed by atoms with Gasteiger partial charge in [-0.05, 0) is 36.5 Å².